The van der Waals surface area contributed by atoms with Crippen molar-refractivity contribution in [3.05, 3.63) is 0 Å². The Kier molecular flexibility index (Phi) is 4.57. The Hall–Kier alpha value is -0.580. The van der Waals surface area contributed by atoms with Crippen LogP contribution in [0.4, 0.5) is 0 Å². The summed E-state index contributed by atoms with van der Waals surface area (Å²) >= 11 is 0. The van der Waals surface area contributed by atoms with E-state index in [1.54, 1.807) is 4.90 Å². The van der Waals surface area contributed by atoms with Crippen LogP contribution in [0.15, 0.2) is 0 Å². The molecule has 120 valence electrons. The topological polar surface area (TPSA) is 54.5 Å². The van der Waals surface area contributed by atoms with Crippen LogP contribution in [0.2, 0.25) is 0 Å². The molecule has 3 fully saturated rings. The molecule has 0 unspecified atom stereocenters. The maximum atomic E-state index is 12.6. The van der Waals surface area contributed by atoms with E-state index in [-0.39, 0.29) is 22.3 Å². The van der Waals surface area contributed by atoms with Gasteiger partial charge in [0.25, 0.3) is 0 Å². The number of nitrogens with zero attached hydrogens (tertiary/aromatic N) is 1. The molecule has 3 rings (SSSR count). The van der Waals surface area contributed by atoms with E-state index in [9.17, 15) is 13.2 Å². The molecule has 0 atom stereocenters. The Morgan fingerprint density at radius 1 is 0.762 bits per heavy atom. The summed E-state index contributed by atoms with van der Waals surface area (Å²) in [6.45, 7) is 0.905. The summed E-state index contributed by atoms with van der Waals surface area (Å²) in [5.74, 6) is 0.377. The lowest BCUT2D eigenvalue weighted by Crippen LogP contribution is -2.60. The molecule has 1 heterocycles. The predicted octanol–water partition coefficient (Wildman–Crippen LogP) is 2.53. The quantitative estimate of drug-likeness (QED) is 0.804. The summed E-state index contributed by atoms with van der Waals surface area (Å²) in [6.07, 6.45) is 10.4. The van der Waals surface area contributed by atoms with Crippen molar-refractivity contribution in [1.82, 2.24) is 4.90 Å². The minimum atomic E-state index is -3.02. The number of carbonyl (C=O) groups excluding carboxylic acids is 1. The Bertz CT molecular complexity index is 470. The highest BCUT2D eigenvalue weighted by molar-refractivity contribution is 7.92. The number of carbonyl (C=O) groups is 1. The third-order valence-electron chi connectivity index (χ3n) is 5.60. The molecule has 21 heavy (non-hydrogen) atoms. The van der Waals surface area contributed by atoms with Crippen molar-refractivity contribution in [2.24, 2.45) is 5.92 Å². The first kappa shape index (κ1) is 15.3. The van der Waals surface area contributed by atoms with Gasteiger partial charge in [-0.3, -0.25) is 4.79 Å². The van der Waals surface area contributed by atoms with Gasteiger partial charge in [0.2, 0.25) is 5.91 Å². The second-order valence-electron chi connectivity index (χ2n) is 7.05. The molecule has 1 aliphatic heterocycles. The van der Waals surface area contributed by atoms with Crippen molar-refractivity contribution < 1.29 is 13.2 Å². The highest BCUT2D eigenvalue weighted by atomic mass is 32.2. The van der Waals surface area contributed by atoms with Crippen LogP contribution >= 0.6 is 0 Å². The standard InChI is InChI=1S/C16H27NO3S/c18-16(13-7-3-1-4-8-13)17-11-15(12-17)21(19,20)14-9-5-2-6-10-14/h13-15H,1-12H2. The van der Waals surface area contributed by atoms with Gasteiger partial charge in [-0.2, -0.15) is 0 Å². The Labute approximate surface area is 128 Å². The predicted molar refractivity (Wildman–Crippen MR) is 82.7 cm³/mol. The fourth-order valence-corrected chi connectivity index (χ4v) is 6.41. The molecular formula is C16H27NO3S. The molecule has 0 aromatic carbocycles. The van der Waals surface area contributed by atoms with Gasteiger partial charge in [0, 0.05) is 19.0 Å². The molecule has 0 bridgehead atoms. The summed E-state index contributed by atoms with van der Waals surface area (Å²) in [6, 6.07) is 0. The van der Waals surface area contributed by atoms with E-state index in [0.717, 1.165) is 51.4 Å². The van der Waals surface area contributed by atoms with E-state index in [0.29, 0.717) is 13.1 Å². The van der Waals surface area contributed by atoms with Gasteiger partial charge in [-0.05, 0) is 25.7 Å². The maximum Gasteiger partial charge on any atom is 0.225 e. The first-order valence-electron chi connectivity index (χ1n) is 8.60. The lowest BCUT2D eigenvalue weighted by Gasteiger charge is -2.42. The summed E-state index contributed by atoms with van der Waals surface area (Å²) in [5.41, 5.74) is 0. The highest BCUT2D eigenvalue weighted by Gasteiger charge is 2.44. The van der Waals surface area contributed by atoms with Crippen LogP contribution in [0.3, 0.4) is 0 Å². The van der Waals surface area contributed by atoms with Gasteiger partial charge in [-0.1, -0.05) is 38.5 Å². The van der Waals surface area contributed by atoms with Crippen LogP contribution < -0.4 is 0 Å². The lowest BCUT2D eigenvalue weighted by atomic mass is 9.87. The van der Waals surface area contributed by atoms with E-state index in [2.05, 4.69) is 0 Å². The smallest absolute Gasteiger partial charge is 0.225 e. The molecule has 2 aliphatic carbocycles. The lowest BCUT2D eigenvalue weighted by molar-refractivity contribution is -0.139. The maximum absolute atomic E-state index is 12.6. The van der Waals surface area contributed by atoms with E-state index < -0.39 is 9.84 Å². The van der Waals surface area contributed by atoms with Crippen molar-refractivity contribution in [3.8, 4) is 0 Å². The highest BCUT2D eigenvalue weighted by Crippen LogP contribution is 2.32. The minimum Gasteiger partial charge on any atom is -0.340 e. The average Bonchev–Trinajstić information content (AvgIpc) is 2.47. The Morgan fingerprint density at radius 3 is 1.86 bits per heavy atom. The zero-order valence-electron chi connectivity index (χ0n) is 12.8. The van der Waals surface area contributed by atoms with Crippen molar-refractivity contribution in [1.29, 1.82) is 0 Å². The number of likely N-dealkylation sites (tertiary alicyclic amines) is 1. The number of amides is 1. The second kappa shape index (κ2) is 6.27. The molecule has 0 aromatic rings. The van der Waals surface area contributed by atoms with Crippen LogP contribution in [-0.2, 0) is 14.6 Å². The first-order chi connectivity index (χ1) is 10.1. The monoisotopic (exact) mass is 313 g/mol. The van der Waals surface area contributed by atoms with Gasteiger partial charge in [-0.25, -0.2) is 8.42 Å². The molecular weight excluding hydrogens is 286 g/mol. The van der Waals surface area contributed by atoms with Crippen molar-refractivity contribution in [3.63, 3.8) is 0 Å². The summed E-state index contributed by atoms with van der Waals surface area (Å²) in [4.78, 5) is 14.2. The summed E-state index contributed by atoms with van der Waals surface area (Å²) < 4.78 is 25.1. The normalized spacial score (nSPS) is 26.6. The van der Waals surface area contributed by atoms with Crippen molar-refractivity contribution in [2.75, 3.05) is 13.1 Å². The van der Waals surface area contributed by atoms with Crippen LogP contribution in [0, 0.1) is 5.92 Å². The van der Waals surface area contributed by atoms with Gasteiger partial charge in [0.15, 0.2) is 9.84 Å². The third-order valence-corrected chi connectivity index (χ3v) is 8.22. The molecule has 3 aliphatic rings. The van der Waals surface area contributed by atoms with Crippen LogP contribution in [-0.4, -0.2) is 42.8 Å². The van der Waals surface area contributed by atoms with E-state index in [1.165, 1.54) is 12.8 Å². The second-order valence-corrected chi connectivity index (χ2v) is 9.56. The van der Waals surface area contributed by atoms with Crippen molar-refractivity contribution in [2.45, 2.75) is 74.7 Å². The fraction of sp³-hybridized carbons (Fsp3) is 0.938. The van der Waals surface area contributed by atoms with Gasteiger partial charge in [0.1, 0.15) is 0 Å². The van der Waals surface area contributed by atoms with Gasteiger partial charge < -0.3 is 4.90 Å². The van der Waals surface area contributed by atoms with Crippen molar-refractivity contribution >= 4 is 15.7 Å². The number of rotatable bonds is 3. The number of hydrogen-bond acceptors (Lipinski definition) is 3. The molecule has 2 saturated carbocycles. The summed E-state index contributed by atoms with van der Waals surface area (Å²) in [7, 11) is -3.02. The number of hydrogen-bond donors (Lipinski definition) is 0. The number of sulfone groups is 1. The van der Waals surface area contributed by atoms with E-state index >= 15 is 0 Å². The average molecular weight is 313 g/mol. The zero-order chi connectivity index (χ0) is 14.9. The first-order valence-corrected chi connectivity index (χ1v) is 10.2. The fourth-order valence-electron chi connectivity index (χ4n) is 4.10. The zero-order valence-corrected chi connectivity index (χ0v) is 13.6. The van der Waals surface area contributed by atoms with E-state index in [4.69, 9.17) is 0 Å². The van der Waals surface area contributed by atoms with E-state index in [1.807, 2.05) is 0 Å². The van der Waals surface area contributed by atoms with Crippen LogP contribution in [0.25, 0.3) is 0 Å². The SMILES string of the molecule is O=C(C1CCCCC1)N1CC(S(=O)(=O)C2CCCCC2)C1. The Balaban J connectivity index is 1.53. The largest absolute Gasteiger partial charge is 0.340 e. The molecule has 0 N–H and O–H groups in total. The molecule has 0 aromatic heterocycles. The Morgan fingerprint density at radius 2 is 1.29 bits per heavy atom. The van der Waals surface area contributed by atoms with Gasteiger partial charge in [0.05, 0.1) is 10.5 Å². The molecule has 5 heteroatoms. The van der Waals surface area contributed by atoms with Crippen LogP contribution in [0.1, 0.15) is 64.2 Å². The molecule has 1 saturated heterocycles. The van der Waals surface area contributed by atoms with Gasteiger partial charge >= 0.3 is 0 Å². The van der Waals surface area contributed by atoms with Crippen LogP contribution in [0.5, 0.6) is 0 Å². The molecule has 1 amide bonds. The molecule has 4 nitrogen and oxygen atoms in total. The third kappa shape index (κ3) is 3.13. The molecule has 0 radical (unpaired) electrons. The molecule has 0 spiro atoms. The van der Waals surface area contributed by atoms with Gasteiger partial charge in [-0.15, -0.1) is 0 Å². The summed E-state index contributed by atoms with van der Waals surface area (Å²) in [5, 5.41) is -0.420. The minimum absolute atomic E-state index is 0.136.